The Hall–Kier alpha value is -10.5. The van der Waals surface area contributed by atoms with Gasteiger partial charge in [-0.15, -0.1) is 0 Å². The number of nitrogens with one attached hydrogen (secondary N) is 3. The maximum atomic E-state index is 14.6. The summed E-state index contributed by atoms with van der Waals surface area (Å²) >= 11 is 1.39. The van der Waals surface area contributed by atoms with E-state index in [2.05, 4.69) is 34.8 Å². The summed E-state index contributed by atoms with van der Waals surface area (Å²) in [5, 5.41) is 24.6. The maximum Gasteiger partial charge on any atom is 0.410 e. The van der Waals surface area contributed by atoms with Gasteiger partial charge in [-0.05, 0) is 153 Å². The van der Waals surface area contributed by atoms with E-state index in [1.807, 2.05) is 59.0 Å². The molecule has 4 bridgehead atoms. The maximum absolute atomic E-state index is 14.6. The molecule has 43 heteroatoms. The van der Waals surface area contributed by atoms with Crippen LogP contribution in [-0.4, -0.2) is 334 Å². The summed E-state index contributed by atoms with van der Waals surface area (Å²) in [6.07, 6.45) is 7.92. The van der Waals surface area contributed by atoms with Gasteiger partial charge in [0.1, 0.15) is 31.1 Å². The zero-order chi connectivity index (χ0) is 98.8. The molecule has 3 aromatic carbocycles. The Bertz CT molecular complexity index is 5170. The molecule has 12 rings (SSSR count). The summed E-state index contributed by atoms with van der Waals surface area (Å²) in [7, 11) is -2.96. The van der Waals surface area contributed by atoms with E-state index in [4.69, 9.17) is 83.1 Å². The number of carboxylic acids is 1. The van der Waals surface area contributed by atoms with Crippen molar-refractivity contribution in [2.24, 2.45) is 33.6 Å². The predicted molar refractivity (Wildman–Crippen MR) is 507 cm³/mol. The van der Waals surface area contributed by atoms with Crippen molar-refractivity contribution in [3.63, 3.8) is 0 Å². The van der Waals surface area contributed by atoms with E-state index in [0.29, 0.717) is 176 Å². The van der Waals surface area contributed by atoms with Gasteiger partial charge >= 0.3 is 18.1 Å². The number of para-hydroxylation sites is 1. The average molecular weight is 1970 g/mol. The highest BCUT2D eigenvalue weighted by Gasteiger charge is 2.66. The van der Waals surface area contributed by atoms with Crippen LogP contribution in [0.4, 0.5) is 26.2 Å². The third-order valence-corrected chi connectivity index (χ3v) is 26.3. The summed E-state index contributed by atoms with van der Waals surface area (Å²) in [5.41, 5.74) is 15.5. The molecule has 6 aliphatic rings. The van der Waals surface area contributed by atoms with Crippen LogP contribution in [-0.2, 0) is 127 Å². The first kappa shape index (κ1) is 108. The number of fused-ring (bicyclic) bond motifs is 2. The highest BCUT2D eigenvalue weighted by atomic mass is 32.2. The number of aromatic carboxylic acids is 1. The van der Waals surface area contributed by atoms with E-state index in [-0.39, 0.29) is 125 Å². The summed E-state index contributed by atoms with van der Waals surface area (Å²) in [5.74, 6) is -6.95. The molecule has 2 unspecified atom stereocenters. The summed E-state index contributed by atoms with van der Waals surface area (Å²) < 4.78 is 110. The molecule has 4 aliphatic carbocycles. The molecule has 756 valence electrons. The quantitative estimate of drug-likeness (QED) is 0.0118. The fourth-order valence-electron chi connectivity index (χ4n) is 19.3. The second kappa shape index (κ2) is 52.7. The summed E-state index contributed by atoms with van der Waals surface area (Å²) in [6, 6.07) is 18.6. The monoisotopic (exact) mass is 1960 g/mol. The number of anilines is 3. The number of ether oxygens (including phenoxy) is 13. The number of hydrogen-bond donors (Lipinski definition) is 7. The molecule has 6 aromatic rings. The van der Waals surface area contributed by atoms with Crippen molar-refractivity contribution in [2.45, 2.75) is 136 Å². The van der Waals surface area contributed by atoms with Crippen molar-refractivity contribution < 1.29 is 128 Å². The Morgan fingerprint density at radius 3 is 1.78 bits per heavy atom. The van der Waals surface area contributed by atoms with Crippen LogP contribution in [0.25, 0.3) is 21.3 Å². The molecule has 5 heterocycles. The van der Waals surface area contributed by atoms with Gasteiger partial charge in [0, 0.05) is 93.9 Å². The number of methoxy groups -OCH3 is 1. The summed E-state index contributed by atoms with van der Waals surface area (Å²) in [4.78, 5) is 151. The van der Waals surface area contributed by atoms with Gasteiger partial charge in [0.25, 0.3) is 33.7 Å². The number of primary amides is 1. The Morgan fingerprint density at radius 1 is 0.645 bits per heavy atom. The number of nitrogens with two attached hydrogens (primary N) is 2. The molecule has 0 spiro atoms. The number of carbonyl (C=O) groups excluding carboxylic acids is 9. The van der Waals surface area contributed by atoms with E-state index >= 15 is 0 Å². The number of hydrogen-bond acceptors (Lipinski definition) is 31. The number of benzene rings is 3. The molecule has 41 nitrogen and oxygen atoms in total. The number of imide groups is 2. The van der Waals surface area contributed by atoms with Gasteiger partial charge in [-0.2, -0.15) is 13.5 Å². The van der Waals surface area contributed by atoms with Crippen molar-refractivity contribution in [3.8, 4) is 11.1 Å². The van der Waals surface area contributed by atoms with Crippen LogP contribution in [0.1, 0.15) is 129 Å². The van der Waals surface area contributed by atoms with Gasteiger partial charge in [0.05, 0.1) is 179 Å². The number of pyridine rings is 1. The minimum atomic E-state index is -4.58. The number of amides is 10. The third kappa shape index (κ3) is 32.0. The number of rotatable bonds is 63. The van der Waals surface area contributed by atoms with E-state index in [1.165, 1.54) is 40.5 Å². The largest absolute Gasteiger partial charge is 0.476 e. The van der Waals surface area contributed by atoms with Crippen LogP contribution in [0.5, 0.6) is 0 Å². The molecule has 10 amide bonds. The normalized spacial score (nSPS) is 18.6. The second-order valence-electron chi connectivity index (χ2n) is 36.1. The number of thiazole rings is 1. The highest BCUT2D eigenvalue weighted by molar-refractivity contribution is 7.85. The van der Waals surface area contributed by atoms with Crippen LogP contribution in [0.15, 0.2) is 97.2 Å². The van der Waals surface area contributed by atoms with Gasteiger partial charge < -0.3 is 103 Å². The first-order valence-corrected chi connectivity index (χ1v) is 49.1. The van der Waals surface area contributed by atoms with E-state index < -0.39 is 106 Å². The van der Waals surface area contributed by atoms with Gasteiger partial charge in [-0.1, -0.05) is 75.4 Å². The van der Waals surface area contributed by atoms with Crippen LogP contribution in [0.2, 0.25) is 0 Å². The lowest BCUT2D eigenvalue weighted by molar-refractivity contribution is -0.248. The lowest BCUT2D eigenvalue weighted by atomic mass is 9.39. The molecule has 0 saturated heterocycles. The van der Waals surface area contributed by atoms with Gasteiger partial charge in [-0.3, -0.25) is 53.0 Å². The van der Waals surface area contributed by atoms with Crippen LogP contribution in [0.3, 0.4) is 0 Å². The molecular formula is C95H132N14O27S2. The number of carbonyl (C=O) groups is 10. The topological polar surface area (TPSA) is 513 Å². The molecule has 138 heavy (non-hydrogen) atoms. The van der Waals surface area contributed by atoms with Crippen molar-refractivity contribution in [3.05, 3.63) is 131 Å². The number of urea groups is 1. The third-order valence-electron chi connectivity index (χ3n) is 24.6. The zero-order valence-corrected chi connectivity index (χ0v) is 81.1. The molecular weight excluding hydrogens is 1830 g/mol. The van der Waals surface area contributed by atoms with Crippen LogP contribution in [0, 0.1) is 29.1 Å². The number of aromatic nitrogens is 4. The molecule has 4 saturated carbocycles. The number of carboxylic acid groups (broad SMARTS) is 1. The van der Waals surface area contributed by atoms with E-state index in [9.17, 15) is 66.0 Å². The van der Waals surface area contributed by atoms with Crippen molar-refractivity contribution in [1.82, 2.24) is 45.1 Å². The second-order valence-corrected chi connectivity index (χ2v) is 38.7. The van der Waals surface area contributed by atoms with E-state index in [1.54, 1.807) is 39.3 Å². The smallest absolute Gasteiger partial charge is 0.410 e. The molecule has 0 radical (unpaired) electrons. The van der Waals surface area contributed by atoms with Crippen molar-refractivity contribution in [2.75, 3.05) is 219 Å². The van der Waals surface area contributed by atoms with E-state index in [0.717, 1.165) is 81.1 Å². The molecule has 9 N–H and O–H groups in total. The minimum absolute atomic E-state index is 0.0270. The van der Waals surface area contributed by atoms with Crippen molar-refractivity contribution >= 4 is 108 Å². The van der Waals surface area contributed by atoms with Gasteiger partial charge in [0.2, 0.25) is 17.7 Å². The molecule has 3 aromatic heterocycles. The molecule has 4 atom stereocenters. The standard InChI is InChI=1S/C95H132N14O27S2/c1-66(2)83(102-79(110)25-28-104(82(113)57-107-80(111)22-23-81(107)112)29-32-125-36-37-127-40-41-129-44-45-131-48-49-133-52-53-134-51-50-132-47-46-130-43-42-128-39-38-126-35-34-124-6)86(115)99-76(14-10-26-96)87(116)109(89(97)119)70-18-16-68(17-19-70)58-135-91(120)105(31-54-138(121,122)123)30-33-136-95-62-92(4)59-93(5,63-95)61-94(60-92,64-95)65-108-67(3)73(55-98-108)71-20-21-78(101-84(71)88(117)118)106-27-24-69-11-9-12-72(74(69)56-106)85(114)103-90-100-75-13-7-8-15-77(75)137-90/h7-9,11-13,15-23,55,66,76,83H,10,14,24-54,56-65,96H2,1-6H3,(H2,97,119)(H,99,115)(H,102,110)(H,117,118)(H,100,103,114)(H,121,122,123)/t76-,83-,92?,93?,94?,95?/m0/s1. The molecule has 4 fully saturated rings. The average Bonchev–Trinajstić information content (AvgIpc) is 1.32. The predicted octanol–water partition coefficient (Wildman–Crippen LogP) is 6.77. The number of nitrogens with zero attached hydrogens (tertiary/aromatic N) is 9. The lowest BCUT2D eigenvalue weighted by Crippen LogP contribution is -2.64. The first-order valence-electron chi connectivity index (χ1n) is 46.7. The first-order chi connectivity index (χ1) is 66.3. The van der Waals surface area contributed by atoms with Gasteiger partial charge in [-0.25, -0.2) is 29.3 Å². The van der Waals surface area contributed by atoms with Crippen molar-refractivity contribution in [1.29, 1.82) is 0 Å². The van der Waals surface area contributed by atoms with Gasteiger partial charge in [0.15, 0.2) is 10.8 Å². The highest BCUT2D eigenvalue weighted by Crippen LogP contribution is 2.72. The van der Waals surface area contributed by atoms with Crippen LogP contribution < -0.4 is 37.2 Å². The Balaban J connectivity index is 0.612. The SMILES string of the molecule is COCCOCCOCCOCCOCCOCCOCCOCCOCCOCCOCCN(CCC(=O)N[C@H](C(=O)N[C@@H](CCCN)C(=O)N(C(N)=O)c1ccc(COC(=O)N(CCOC23CC4(C)CC(C)(CC(Cn5ncc(-c6ccc(N7CCc8cccc(C(=O)Nc9nc%10ccccc%10s9)c8C7)nc6C(=O)O)c5C)(C4)C2)C3)CCS(=O)(=O)O)cc1)C(C)C)C(=O)CN1C(=O)C=CC1=O. The summed E-state index contributed by atoms with van der Waals surface area (Å²) in [6.45, 7) is 17.1. The fourth-order valence-corrected chi connectivity index (χ4v) is 20.6. The lowest BCUT2D eigenvalue weighted by Gasteiger charge is -2.69. The minimum Gasteiger partial charge on any atom is -0.476 e. The Labute approximate surface area is 807 Å². The Morgan fingerprint density at radius 2 is 1.22 bits per heavy atom. The molecule has 2 aliphatic heterocycles. The Kier molecular flexibility index (Phi) is 41.2. The van der Waals surface area contributed by atoms with Crippen LogP contribution >= 0.6 is 11.3 Å². The fraction of sp³-hybridized carbons (Fsp3) is 0.589. The zero-order valence-electron chi connectivity index (χ0n) is 79.5.